The van der Waals surface area contributed by atoms with Crippen molar-refractivity contribution in [3.05, 3.63) is 52.6 Å². The number of benzene rings is 1. The Hall–Kier alpha value is -2.69. The Bertz CT molecular complexity index is 1030. The number of rotatable bonds is 1. The summed E-state index contributed by atoms with van der Waals surface area (Å²) in [5.74, 6) is 0.211. The van der Waals surface area contributed by atoms with Crippen LogP contribution < -0.4 is 15.5 Å². The largest absolute Gasteiger partial charge is 0.374 e. The molecule has 1 aromatic carbocycles. The van der Waals surface area contributed by atoms with Crippen LogP contribution in [0.15, 0.2) is 41.5 Å². The van der Waals surface area contributed by atoms with Crippen molar-refractivity contribution in [1.82, 2.24) is 4.90 Å². The molecule has 6 rings (SSSR count). The summed E-state index contributed by atoms with van der Waals surface area (Å²) in [4.78, 5) is 17.7. The lowest BCUT2D eigenvalue weighted by molar-refractivity contribution is 0.0791. The number of carbonyl (C=O) groups is 1. The molecule has 5 nitrogen and oxygen atoms in total. The van der Waals surface area contributed by atoms with Crippen molar-refractivity contribution in [1.29, 1.82) is 0 Å². The van der Waals surface area contributed by atoms with Crippen LogP contribution in [0.4, 0.5) is 17.1 Å². The van der Waals surface area contributed by atoms with Gasteiger partial charge in [0.05, 0.1) is 28.8 Å². The van der Waals surface area contributed by atoms with Gasteiger partial charge in [-0.05, 0) is 68.2 Å². The average Bonchev–Trinajstić information content (AvgIpc) is 3.46. The zero-order chi connectivity index (χ0) is 20.5. The Balaban J connectivity index is 1.45. The third-order valence-corrected chi connectivity index (χ3v) is 7.69. The first-order valence-corrected chi connectivity index (χ1v) is 11.4. The van der Waals surface area contributed by atoms with Gasteiger partial charge in [0.15, 0.2) is 0 Å². The maximum atomic E-state index is 13.5. The number of hydrogen-bond acceptors (Lipinski definition) is 4. The van der Waals surface area contributed by atoms with Gasteiger partial charge in [-0.3, -0.25) is 4.79 Å². The number of carbonyl (C=O) groups excluding carboxylic acids is 1. The molecule has 1 aromatic rings. The van der Waals surface area contributed by atoms with E-state index in [9.17, 15) is 4.79 Å². The predicted octanol–water partition coefficient (Wildman–Crippen LogP) is 4.44. The van der Waals surface area contributed by atoms with Gasteiger partial charge in [0.1, 0.15) is 0 Å². The van der Waals surface area contributed by atoms with Crippen molar-refractivity contribution in [2.75, 3.05) is 35.7 Å². The first-order chi connectivity index (χ1) is 14.5. The number of amides is 1. The van der Waals surface area contributed by atoms with Crippen molar-refractivity contribution in [2.24, 2.45) is 0 Å². The quantitative estimate of drug-likeness (QED) is 0.729. The van der Waals surface area contributed by atoms with Gasteiger partial charge < -0.3 is 20.4 Å². The molecule has 3 aliphatic heterocycles. The van der Waals surface area contributed by atoms with Crippen molar-refractivity contribution >= 4 is 23.0 Å². The minimum absolute atomic E-state index is 0.0324. The van der Waals surface area contributed by atoms with Crippen LogP contribution in [0.2, 0.25) is 0 Å². The van der Waals surface area contributed by atoms with E-state index < -0.39 is 0 Å². The second-order valence-corrected chi connectivity index (χ2v) is 9.55. The molecule has 0 saturated carbocycles. The SMILES string of the molecule is CC1Nc2c(cc(C(=O)N3CCCC3)c3c2NC2(C=C4CC=CC=C4C2)CC3)N1C. The van der Waals surface area contributed by atoms with Crippen molar-refractivity contribution in [2.45, 2.75) is 57.2 Å². The first-order valence-electron chi connectivity index (χ1n) is 11.4. The van der Waals surface area contributed by atoms with Gasteiger partial charge in [0.25, 0.3) is 5.91 Å². The topological polar surface area (TPSA) is 47.6 Å². The van der Waals surface area contributed by atoms with Crippen LogP contribution in [0.3, 0.4) is 0 Å². The predicted molar refractivity (Wildman–Crippen MR) is 122 cm³/mol. The van der Waals surface area contributed by atoms with E-state index in [1.54, 1.807) is 0 Å². The van der Waals surface area contributed by atoms with Gasteiger partial charge in [0, 0.05) is 25.7 Å². The Morgan fingerprint density at radius 2 is 2.03 bits per heavy atom. The molecule has 2 aliphatic carbocycles. The van der Waals surface area contributed by atoms with E-state index in [1.807, 2.05) is 4.90 Å². The van der Waals surface area contributed by atoms with Crippen LogP contribution in [0.5, 0.6) is 0 Å². The second-order valence-electron chi connectivity index (χ2n) is 9.55. The fraction of sp³-hybridized carbons (Fsp3) is 0.480. The van der Waals surface area contributed by atoms with Gasteiger partial charge in [-0.25, -0.2) is 0 Å². The molecule has 0 aromatic heterocycles. The van der Waals surface area contributed by atoms with Gasteiger partial charge in [-0.2, -0.15) is 0 Å². The van der Waals surface area contributed by atoms with Crippen LogP contribution in [-0.2, 0) is 6.42 Å². The molecule has 2 unspecified atom stereocenters. The van der Waals surface area contributed by atoms with E-state index in [0.29, 0.717) is 0 Å². The minimum Gasteiger partial charge on any atom is -0.374 e. The van der Waals surface area contributed by atoms with Crippen molar-refractivity contribution in [3.63, 3.8) is 0 Å². The van der Waals surface area contributed by atoms with Crippen LogP contribution in [-0.4, -0.2) is 42.6 Å². The molecule has 1 amide bonds. The summed E-state index contributed by atoms with van der Waals surface area (Å²) in [6.45, 7) is 3.95. The highest BCUT2D eigenvalue weighted by Crippen LogP contribution is 2.51. The molecular formula is C25H30N4O. The minimum atomic E-state index is -0.0324. The highest BCUT2D eigenvalue weighted by Gasteiger charge is 2.42. The number of fused-ring (bicyclic) bond motifs is 4. The monoisotopic (exact) mass is 402 g/mol. The summed E-state index contributed by atoms with van der Waals surface area (Å²) < 4.78 is 0. The summed E-state index contributed by atoms with van der Waals surface area (Å²) in [7, 11) is 2.11. The van der Waals surface area contributed by atoms with Gasteiger partial charge in [-0.1, -0.05) is 24.3 Å². The van der Waals surface area contributed by atoms with Crippen LogP contribution in [0.1, 0.15) is 54.9 Å². The molecular weight excluding hydrogens is 372 g/mol. The highest BCUT2D eigenvalue weighted by atomic mass is 16.2. The summed E-state index contributed by atoms with van der Waals surface area (Å²) in [5.41, 5.74) is 8.46. The Morgan fingerprint density at radius 1 is 1.20 bits per heavy atom. The molecule has 1 fully saturated rings. The molecule has 5 aliphatic rings. The lowest BCUT2D eigenvalue weighted by atomic mass is 9.82. The maximum Gasteiger partial charge on any atom is 0.254 e. The molecule has 2 atom stereocenters. The normalized spacial score (nSPS) is 28.5. The van der Waals surface area contributed by atoms with Gasteiger partial charge in [0.2, 0.25) is 0 Å². The Labute approximate surface area is 178 Å². The molecule has 1 saturated heterocycles. The van der Waals surface area contributed by atoms with Crippen LogP contribution in [0.25, 0.3) is 0 Å². The van der Waals surface area contributed by atoms with E-state index in [4.69, 9.17) is 0 Å². The zero-order valence-corrected chi connectivity index (χ0v) is 17.9. The fourth-order valence-electron chi connectivity index (χ4n) is 5.89. The van der Waals surface area contributed by atoms with E-state index >= 15 is 0 Å². The molecule has 30 heavy (non-hydrogen) atoms. The van der Waals surface area contributed by atoms with Gasteiger partial charge in [-0.15, -0.1) is 0 Å². The molecule has 156 valence electrons. The number of likely N-dealkylation sites (tertiary alicyclic amines) is 1. The number of anilines is 3. The summed E-state index contributed by atoms with van der Waals surface area (Å²) in [6, 6.07) is 2.14. The number of allylic oxidation sites excluding steroid dienone is 4. The molecule has 0 bridgehead atoms. The maximum absolute atomic E-state index is 13.5. The number of nitrogens with zero attached hydrogens (tertiary/aromatic N) is 2. The van der Waals surface area contributed by atoms with Crippen LogP contribution in [0, 0.1) is 0 Å². The fourth-order valence-corrected chi connectivity index (χ4v) is 5.89. The number of hydrogen-bond donors (Lipinski definition) is 2. The standard InChI is InChI=1S/C25H30N4O/c1-16-26-23-21(28(16)2)13-20(24(30)29-11-5-6-12-29)19-9-10-25(27-22(19)23)14-17-7-3-4-8-18(17)15-25/h3-4,7,13,15-16,26-27H,5-6,8-12,14H2,1-2H3. The van der Waals surface area contributed by atoms with E-state index in [2.05, 4.69) is 59.9 Å². The lowest BCUT2D eigenvalue weighted by Gasteiger charge is -2.38. The summed E-state index contributed by atoms with van der Waals surface area (Å²) in [5, 5.41) is 7.62. The first kappa shape index (κ1) is 18.1. The smallest absolute Gasteiger partial charge is 0.254 e. The average molecular weight is 403 g/mol. The third-order valence-electron chi connectivity index (χ3n) is 7.69. The highest BCUT2D eigenvalue weighted by molar-refractivity contribution is 6.03. The van der Waals surface area contributed by atoms with E-state index in [-0.39, 0.29) is 17.6 Å². The number of nitrogens with one attached hydrogen (secondary N) is 2. The molecule has 2 N–H and O–H groups in total. The van der Waals surface area contributed by atoms with Crippen molar-refractivity contribution < 1.29 is 4.79 Å². The molecule has 3 heterocycles. The molecule has 0 radical (unpaired) electrons. The summed E-state index contributed by atoms with van der Waals surface area (Å²) in [6.07, 6.45) is 15.7. The summed E-state index contributed by atoms with van der Waals surface area (Å²) >= 11 is 0. The zero-order valence-electron chi connectivity index (χ0n) is 17.9. The Morgan fingerprint density at radius 3 is 2.83 bits per heavy atom. The molecule has 5 heteroatoms. The lowest BCUT2D eigenvalue weighted by Crippen LogP contribution is -2.39. The van der Waals surface area contributed by atoms with E-state index in [0.717, 1.165) is 74.2 Å². The molecule has 1 spiro atoms. The van der Waals surface area contributed by atoms with Gasteiger partial charge >= 0.3 is 0 Å². The van der Waals surface area contributed by atoms with Crippen LogP contribution >= 0.6 is 0 Å². The van der Waals surface area contributed by atoms with E-state index in [1.165, 1.54) is 16.7 Å². The van der Waals surface area contributed by atoms with Crippen molar-refractivity contribution in [3.8, 4) is 0 Å². The Kier molecular flexibility index (Phi) is 3.86. The second kappa shape index (κ2) is 6.40. The third kappa shape index (κ3) is 2.57.